The van der Waals surface area contributed by atoms with Gasteiger partial charge >= 0.3 is 0 Å². The molecule has 1 aliphatic heterocycles. The zero-order valence-electron chi connectivity index (χ0n) is 21.1. The molecule has 0 unspecified atom stereocenters. The Morgan fingerprint density at radius 3 is 2.42 bits per heavy atom. The second kappa shape index (κ2) is 11.7. The number of rotatable bonds is 9. The lowest BCUT2D eigenvalue weighted by Crippen LogP contribution is -2.48. The molecule has 0 saturated carbocycles. The largest absolute Gasteiger partial charge is 0.492 e. The van der Waals surface area contributed by atoms with Crippen LogP contribution in [0.25, 0.3) is 11.3 Å². The van der Waals surface area contributed by atoms with Crippen molar-refractivity contribution in [3.8, 4) is 22.8 Å². The van der Waals surface area contributed by atoms with Crippen LogP contribution in [-0.4, -0.2) is 77.3 Å². The van der Waals surface area contributed by atoms with E-state index in [2.05, 4.69) is 15.3 Å². The highest BCUT2D eigenvalue weighted by atomic mass is 16.5. The van der Waals surface area contributed by atoms with Crippen LogP contribution in [0.2, 0.25) is 0 Å². The van der Waals surface area contributed by atoms with Gasteiger partial charge in [-0.05, 0) is 43.3 Å². The van der Waals surface area contributed by atoms with Gasteiger partial charge in [-0.25, -0.2) is 0 Å². The molecule has 0 radical (unpaired) electrons. The van der Waals surface area contributed by atoms with E-state index in [0.717, 1.165) is 55.3 Å². The minimum Gasteiger partial charge on any atom is -0.492 e. The first kappa shape index (κ1) is 25.2. The van der Waals surface area contributed by atoms with Crippen molar-refractivity contribution in [1.29, 1.82) is 0 Å². The van der Waals surface area contributed by atoms with Crippen LogP contribution < -0.4 is 14.8 Å². The number of benzene rings is 2. The standard InChI is InChI=1S/C27H33N5O4/c1-20-4-7-23(8-5-20)36-19-27(34)29-22-6-9-26(24(18-22)25-10-11-28-30(25)3)35-17-16-31-12-14-32(15-13-31)21(2)33/h4-11,18H,12-17,19H2,1-3H3,(H,29,34). The first-order valence-corrected chi connectivity index (χ1v) is 12.1. The highest BCUT2D eigenvalue weighted by Gasteiger charge is 2.19. The molecule has 3 aromatic rings. The third kappa shape index (κ3) is 6.63. The number of amides is 2. The molecule has 9 heteroatoms. The van der Waals surface area contributed by atoms with Crippen LogP contribution >= 0.6 is 0 Å². The van der Waals surface area contributed by atoms with Crippen LogP contribution in [-0.2, 0) is 16.6 Å². The summed E-state index contributed by atoms with van der Waals surface area (Å²) >= 11 is 0. The molecule has 1 saturated heterocycles. The summed E-state index contributed by atoms with van der Waals surface area (Å²) < 4.78 is 13.5. The fraction of sp³-hybridized carbons (Fsp3) is 0.370. The van der Waals surface area contributed by atoms with E-state index in [1.54, 1.807) is 17.8 Å². The molecule has 1 fully saturated rings. The minimum atomic E-state index is -0.245. The Kier molecular flexibility index (Phi) is 8.22. The minimum absolute atomic E-state index is 0.0841. The summed E-state index contributed by atoms with van der Waals surface area (Å²) in [6.45, 7) is 7.99. The number of piperazine rings is 1. The third-order valence-electron chi connectivity index (χ3n) is 6.23. The number of carbonyl (C=O) groups is 2. The monoisotopic (exact) mass is 491 g/mol. The summed E-state index contributed by atoms with van der Waals surface area (Å²) in [6.07, 6.45) is 1.73. The van der Waals surface area contributed by atoms with Crippen molar-refractivity contribution >= 4 is 17.5 Å². The Morgan fingerprint density at radius 2 is 1.75 bits per heavy atom. The summed E-state index contributed by atoms with van der Waals surface area (Å²) in [5, 5.41) is 7.19. The van der Waals surface area contributed by atoms with Crippen LogP contribution in [0.5, 0.6) is 11.5 Å². The number of hydrogen-bond donors (Lipinski definition) is 1. The topological polar surface area (TPSA) is 88.9 Å². The lowest BCUT2D eigenvalue weighted by atomic mass is 10.1. The summed E-state index contributed by atoms with van der Waals surface area (Å²) in [4.78, 5) is 28.2. The van der Waals surface area contributed by atoms with Crippen molar-refractivity contribution in [3.63, 3.8) is 0 Å². The van der Waals surface area contributed by atoms with Gasteiger partial charge in [0.1, 0.15) is 18.1 Å². The zero-order chi connectivity index (χ0) is 25.5. The Hall–Kier alpha value is -3.85. The lowest BCUT2D eigenvalue weighted by molar-refractivity contribution is -0.130. The van der Waals surface area contributed by atoms with Gasteiger partial charge in [-0.15, -0.1) is 0 Å². The summed E-state index contributed by atoms with van der Waals surface area (Å²) in [5.74, 6) is 1.25. The molecule has 0 atom stereocenters. The molecule has 0 spiro atoms. The molecule has 1 aliphatic rings. The van der Waals surface area contributed by atoms with Crippen LogP contribution in [0.3, 0.4) is 0 Å². The van der Waals surface area contributed by atoms with Gasteiger partial charge in [0.25, 0.3) is 5.91 Å². The molecule has 190 valence electrons. The normalized spacial score (nSPS) is 13.9. The molecular formula is C27H33N5O4. The zero-order valence-corrected chi connectivity index (χ0v) is 21.1. The van der Waals surface area contributed by atoms with Gasteiger partial charge in [-0.2, -0.15) is 5.10 Å². The maximum atomic E-state index is 12.5. The fourth-order valence-electron chi connectivity index (χ4n) is 4.12. The van der Waals surface area contributed by atoms with Crippen molar-refractivity contribution in [2.75, 3.05) is 51.3 Å². The summed E-state index contributed by atoms with van der Waals surface area (Å²) in [5.41, 5.74) is 3.50. The molecule has 4 rings (SSSR count). The van der Waals surface area contributed by atoms with E-state index in [9.17, 15) is 9.59 Å². The first-order chi connectivity index (χ1) is 17.4. The molecule has 2 amide bonds. The van der Waals surface area contributed by atoms with Crippen LogP contribution in [0.4, 0.5) is 5.69 Å². The Balaban J connectivity index is 1.37. The van der Waals surface area contributed by atoms with Gasteiger partial charge in [0.05, 0.1) is 5.69 Å². The maximum Gasteiger partial charge on any atom is 0.262 e. The molecule has 2 aromatic carbocycles. The van der Waals surface area contributed by atoms with Gasteiger partial charge in [0.2, 0.25) is 5.91 Å². The van der Waals surface area contributed by atoms with E-state index in [1.807, 2.05) is 67.4 Å². The van der Waals surface area contributed by atoms with Gasteiger partial charge < -0.3 is 19.7 Å². The molecule has 2 heterocycles. The number of nitrogens with one attached hydrogen (secondary N) is 1. The van der Waals surface area contributed by atoms with Crippen LogP contribution in [0, 0.1) is 6.92 Å². The average molecular weight is 492 g/mol. The van der Waals surface area contributed by atoms with Gasteiger partial charge in [0, 0.05) is 64.1 Å². The molecule has 0 aliphatic carbocycles. The van der Waals surface area contributed by atoms with Crippen molar-refractivity contribution < 1.29 is 19.1 Å². The van der Waals surface area contributed by atoms with Crippen molar-refractivity contribution in [1.82, 2.24) is 19.6 Å². The van der Waals surface area contributed by atoms with E-state index < -0.39 is 0 Å². The van der Waals surface area contributed by atoms with Crippen LogP contribution in [0.1, 0.15) is 12.5 Å². The second-order valence-corrected chi connectivity index (χ2v) is 8.90. The SMILES string of the molecule is CC(=O)N1CCN(CCOc2ccc(NC(=O)COc3ccc(C)cc3)cc2-c2ccnn2C)CC1. The van der Waals surface area contributed by atoms with Crippen molar-refractivity contribution in [2.45, 2.75) is 13.8 Å². The van der Waals surface area contributed by atoms with E-state index in [4.69, 9.17) is 9.47 Å². The number of aromatic nitrogens is 2. The van der Waals surface area contributed by atoms with Crippen molar-refractivity contribution in [3.05, 3.63) is 60.3 Å². The summed E-state index contributed by atoms with van der Waals surface area (Å²) in [6, 6.07) is 15.1. The molecular weight excluding hydrogens is 458 g/mol. The maximum absolute atomic E-state index is 12.5. The molecule has 9 nitrogen and oxygen atoms in total. The molecule has 0 bridgehead atoms. The first-order valence-electron chi connectivity index (χ1n) is 12.1. The van der Waals surface area contributed by atoms with Gasteiger partial charge in [-0.3, -0.25) is 19.2 Å². The third-order valence-corrected chi connectivity index (χ3v) is 6.23. The van der Waals surface area contributed by atoms with E-state index in [1.165, 1.54) is 0 Å². The molecule has 1 aromatic heterocycles. The lowest BCUT2D eigenvalue weighted by Gasteiger charge is -2.34. The highest BCUT2D eigenvalue weighted by Crippen LogP contribution is 2.32. The summed E-state index contributed by atoms with van der Waals surface area (Å²) in [7, 11) is 1.87. The number of aryl methyl sites for hydroxylation is 2. The smallest absolute Gasteiger partial charge is 0.262 e. The number of carbonyl (C=O) groups excluding carboxylic acids is 2. The van der Waals surface area contributed by atoms with Gasteiger partial charge in [-0.1, -0.05) is 17.7 Å². The number of ether oxygens (including phenoxy) is 2. The fourth-order valence-corrected chi connectivity index (χ4v) is 4.12. The molecule has 1 N–H and O–H groups in total. The Labute approximate surface area is 211 Å². The van der Waals surface area contributed by atoms with E-state index in [-0.39, 0.29) is 18.4 Å². The average Bonchev–Trinajstić information content (AvgIpc) is 3.30. The number of hydrogen-bond acceptors (Lipinski definition) is 6. The number of anilines is 1. The Morgan fingerprint density at radius 1 is 1.00 bits per heavy atom. The van der Waals surface area contributed by atoms with E-state index in [0.29, 0.717) is 18.0 Å². The van der Waals surface area contributed by atoms with Gasteiger partial charge in [0.15, 0.2) is 6.61 Å². The highest BCUT2D eigenvalue weighted by molar-refractivity contribution is 5.93. The van der Waals surface area contributed by atoms with Crippen LogP contribution in [0.15, 0.2) is 54.7 Å². The molecule has 36 heavy (non-hydrogen) atoms. The van der Waals surface area contributed by atoms with E-state index >= 15 is 0 Å². The second-order valence-electron chi connectivity index (χ2n) is 8.90. The predicted molar refractivity (Wildman–Crippen MR) is 138 cm³/mol. The predicted octanol–water partition coefficient (Wildman–Crippen LogP) is 2.96. The Bertz CT molecular complexity index is 1180. The van der Waals surface area contributed by atoms with Crippen molar-refractivity contribution in [2.24, 2.45) is 7.05 Å². The quantitative estimate of drug-likeness (QED) is 0.495. The number of nitrogens with zero attached hydrogens (tertiary/aromatic N) is 4.